The molecule has 1 atom stereocenters. The van der Waals surface area contributed by atoms with Gasteiger partial charge in [-0.3, -0.25) is 9.59 Å². The van der Waals surface area contributed by atoms with Gasteiger partial charge in [-0.1, -0.05) is 54.1 Å². The first-order valence-electron chi connectivity index (χ1n) is 8.84. The van der Waals surface area contributed by atoms with Crippen molar-refractivity contribution in [2.75, 3.05) is 18.4 Å². The molecular weight excluding hydrogens is 362 g/mol. The Hall–Kier alpha value is -2.92. The van der Waals surface area contributed by atoms with Crippen molar-refractivity contribution in [2.24, 2.45) is 0 Å². The van der Waals surface area contributed by atoms with Crippen LogP contribution in [0.3, 0.4) is 0 Å². The topological polar surface area (TPSA) is 62.3 Å². The van der Waals surface area contributed by atoms with Crippen LogP contribution in [0.4, 0.5) is 5.69 Å². The molecule has 0 saturated carbocycles. The van der Waals surface area contributed by atoms with Crippen molar-refractivity contribution < 1.29 is 9.59 Å². The van der Waals surface area contributed by atoms with Gasteiger partial charge in [0.15, 0.2) is 0 Å². The zero-order valence-corrected chi connectivity index (χ0v) is 15.2. The lowest BCUT2D eigenvalue weighted by atomic mass is 9.81. The summed E-state index contributed by atoms with van der Waals surface area (Å²) in [6.45, 7) is 0.892. The second-order valence-electron chi connectivity index (χ2n) is 7.07. The Morgan fingerprint density at radius 2 is 1.85 bits per heavy atom. The van der Waals surface area contributed by atoms with Crippen molar-refractivity contribution in [2.45, 2.75) is 11.8 Å². The summed E-state index contributed by atoms with van der Waals surface area (Å²) in [5.41, 5.74) is 1.67. The van der Waals surface area contributed by atoms with E-state index in [4.69, 9.17) is 11.6 Å². The molecule has 134 valence electrons. The monoisotopic (exact) mass is 377 g/mol. The Labute approximate surface area is 161 Å². The Morgan fingerprint density at radius 3 is 2.70 bits per heavy atom. The molecule has 27 heavy (non-hydrogen) atoms. The first kappa shape index (κ1) is 16.3. The summed E-state index contributed by atoms with van der Waals surface area (Å²) < 4.78 is 0. The van der Waals surface area contributed by atoms with Crippen LogP contribution < -0.4 is 5.32 Å². The number of benzene rings is 2. The molecule has 3 aromatic rings. The molecule has 2 aromatic carbocycles. The number of carbonyl (C=O) groups excluding carboxylic acids is 2. The molecule has 1 unspecified atom stereocenters. The molecule has 2 aliphatic heterocycles. The first-order valence-corrected chi connectivity index (χ1v) is 9.21. The molecule has 6 heteroatoms. The Bertz CT molecular complexity index is 1110. The first-order chi connectivity index (χ1) is 13.1. The molecular formula is C21H16ClN3O2. The quantitative estimate of drug-likeness (QED) is 0.659. The number of aromatic nitrogens is 1. The van der Waals surface area contributed by atoms with Gasteiger partial charge >= 0.3 is 0 Å². The Kier molecular flexibility index (Phi) is 3.49. The van der Waals surface area contributed by atoms with E-state index < -0.39 is 5.41 Å². The summed E-state index contributed by atoms with van der Waals surface area (Å²) in [4.78, 5) is 31.9. The average molecular weight is 378 g/mol. The molecule has 1 fully saturated rings. The minimum Gasteiger partial charge on any atom is -0.337 e. The number of rotatable bonds is 1. The number of carbonyl (C=O) groups is 2. The summed E-state index contributed by atoms with van der Waals surface area (Å²) in [7, 11) is 0. The normalized spacial score (nSPS) is 20.9. The van der Waals surface area contributed by atoms with Gasteiger partial charge in [-0.15, -0.1) is 0 Å². The summed E-state index contributed by atoms with van der Waals surface area (Å²) in [5, 5.41) is 4.87. The van der Waals surface area contributed by atoms with Crippen molar-refractivity contribution in [1.29, 1.82) is 0 Å². The maximum Gasteiger partial charge on any atom is 0.256 e. The number of halogens is 1. The SMILES string of the molecule is O=C(c1cnc(Cl)c2ccccc12)N1CCC2(C1)C(=O)Nc1ccccc12. The zero-order chi connectivity index (χ0) is 18.6. The van der Waals surface area contributed by atoms with Crippen LogP contribution in [0.25, 0.3) is 10.8 Å². The lowest BCUT2D eigenvalue weighted by Gasteiger charge is -2.23. The van der Waals surface area contributed by atoms with E-state index in [2.05, 4.69) is 10.3 Å². The standard InChI is InChI=1S/C21H16ClN3O2/c22-18-14-6-2-1-5-13(14)15(11-23-18)19(26)25-10-9-21(12-25)16-7-3-4-8-17(16)24-20(21)27/h1-8,11H,9-10,12H2,(H,24,27). The molecule has 1 aromatic heterocycles. The number of amides is 2. The van der Waals surface area contributed by atoms with Crippen molar-refractivity contribution in [3.8, 4) is 0 Å². The van der Waals surface area contributed by atoms with Crippen LogP contribution >= 0.6 is 11.6 Å². The number of likely N-dealkylation sites (tertiary alicyclic amines) is 1. The van der Waals surface area contributed by atoms with Gasteiger partial charge < -0.3 is 10.2 Å². The van der Waals surface area contributed by atoms with Crippen LogP contribution in [0.15, 0.2) is 54.7 Å². The van der Waals surface area contributed by atoms with Crippen molar-refractivity contribution >= 4 is 39.9 Å². The van der Waals surface area contributed by atoms with Gasteiger partial charge in [0.1, 0.15) is 5.15 Å². The predicted octanol–water partition coefficient (Wildman–Crippen LogP) is 3.62. The van der Waals surface area contributed by atoms with Gasteiger partial charge in [0, 0.05) is 30.4 Å². The Balaban J connectivity index is 1.53. The molecule has 2 amide bonds. The lowest BCUT2D eigenvalue weighted by molar-refractivity contribution is -0.120. The van der Waals surface area contributed by atoms with E-state index >= 15 is 0 Å². The third-order valence-electron chi connectivity index (χ3n) is 5.66. The minimum absolute atomic E-state index is 0.0295. The van der Waals surface area contributed by atoms with E-state index in [9.17, 15) is 9.59 Å². The molecule has 0 aliphatic carbocycles. The number of pyridine rings is 1. The fraction of sp³-hybridized carbons (Fsp3) is 0.190. The average Bonchev–Trinajstić information content (AvgIpc) is 3.25. The second-order valence-corrected chi connectivity index (χ2v) is 7.42. The largest absolute Gasteiger partial charge is 0.337 e. The van der Waals surface area contributed by atoms with E-state index in [1.54, 1.807) is 4.90 Å². The molecule has 1 saturated heterocycles. The van der Waals surface area contributed by atoms with Crippen molar-refractivity contribution in [3.63, 3.8) is 0 Å². The molecule has 0 bridgehead atoms. The molecule has 5 nitrogen and oxygen atoms in total. The van der Waals surface area contributed by atoms with Crippen LogP contribution in [0, 0.1) is 0 Å². The molecule has 0 radical (unpaired) electrons. The van der Waals surface area contributed by atoms with E-state index in [-0.39, 0.29) is 11.8 Å². The van der Waals surface area contributed by atoms with E-state index in [1.165, 1.54) is 6.20 Å². The number of hydrogen-bond acceptors (Lipinski definition) is 3. The highest BCUT2D eigenvalue weighted by Gasteiger charge is 2.52. The van der Waals surface area contributed by atoms with Crippen LogP contribution in [0.2, 0.25) is 5.15 Å². The maximum absolute atomic E-state index is 13.2. The number of para-hydroxylation sites is 1. The van der Waals surface area contributed by atoms with E-state index in [0.717, 1.165) is 22.0 Å². The fourth-order valence-electron chi connectivity index (χ4n) is 4.26. The highest BCUT2D eigenvalue weighted by Crippen LogP contribution is 2.44. The van der Waals surface area contributed by atoms with Gasteiger partial charge in [0.25, 0.3) is 5.91 Å². The van der Waals surface area contributed by atoms with E-state index in [0.29, 0.717) is 30.2 Å². The summed E-state index contributed by atoms with van der Waals surface area (Å²) in [6, 6.07) is 15.2. The highest BCUT2D eigenvalue weighted by atomic mass is 35.5. The van der Waals surface area contributed by atoms with Crippen molar-refractivity contribution in [1.82, 2.24) is 9.88 Å². The number of nitrogens with zero attached hydrogens (tertiary/aromatic N) is 2. The molecule has 3 heterocycles. The number of hydrogen-bond donors (Lipinski definition) is 1. The highest BCUT2D eigenvalue weighted by molar-refractivity contribution is 6.34. The van der Waals surface area contributed by atoms with Crippen LogP contribution in [-0.2, 0) is 10.2 Å². The smallest absolute Gasteiger partial charge is 0.256 e. The second kappa shape index (κ2) is 5.79. The third kappa shape index (κ3) is 2.28. The minimum atomic E-state index is -0.665. The van der Waals surface area contributed by atoms with Gasteiger partial charge in [-0.25, -0.2) is 4.98 Å². The molecule has 5 rings (SSSR count). The summed E-state index contributed by atoms with van der Waals surface area (Å²) in [6.07, 6.45) is 2.14. The number of nitrogens with one attached hydrogen (secondary N) is 1. The number of anilines is 1. The fourth-order valence-corrected chi connectivity index (χ4v) is 4.47. The van der Waals surface area contributed by atoms with Crippen molar-refractivity contribution in [3.05, 3.63) is 71.0 Å². The zero-order valence-electron chi connectivity index (χ0n) is 14.4. The molecule has 1 N–H and O–H groups in total. The lowest BCUT2D eigenvalue weighted by Crippen LogP contribution is -2.39. The third-order valence-corrected chi connectivity index (χ3v) is 5.96. The molecule has 2 aliphatic rings. The van der Waals surface area contributed by atoms with Crippen LogP contribution in [0.5, 0.6) is 0 Å². The molecule has 1 spiro atoms. The summed E-state index contributed by atoms with van der Waals surface area (Å²) >= 11 is 6.18. The van der Waals surface area contributed by atoms with Gasteiger partial charge in [0.05, 0.1) is 11.0 Å². The van der Waals surface area contributed by atoms with E-state index in [1.807, 2.05) is 48.5 Å². The van der Waals surface area contributed by atoms with Gasteiger partial charge in [0.2, 0.25) is 5.91 Å². The van der Waals surface area contributed by atoms with Crippen LogP contribution in [0.1, 0.15) is 22.3 Å². The predicted molar refractivity (Wildman–Crippen MR) is 104 cm³/mol. The van der Waals surface area contributed by atoms with Gasteiger partial charge in [-0.05, 0) is 23.4 Å². The summed E-state index contributed by atoms with van der Waals surface area (Å²) in [5.74, 6) is -0.150. The maximum atomic E-state index is 13.2. The number of fused-ring (bicyclic) bond motifs is 3. The van der Waals surface area contributed by atoms with Gasteiger partial charge in [-0.2, -0.15) is 0 Å². The Morgan fingerprint density at radius 1 is 1.11 bits per heavy atom. The van der Waals surface area contributed by atoms with Crippen LogP contribution in [-0.4, -0.2) is 34.8 Å².